The van der Waals surface area contributed by atoms with E-state index in [4.69, 9.17) is 10.5 Å². The summed E-state index contributed by atoms with van der Waals surface area (Å²) < 4.78 is 5.32. The predicted molar refractivity (Wildman–Crippen MR) is 93.8 cm³/mol. The van der Waals surface area contributed by atoms with Gasteiger partial charge in [0, 0.05) is 25.2 Å². The van der Waals surface area contributed by atoms with Crippen molar-refractivity contribution in [2.24, 2.45) is 10.7 Å². The van der Waals surface area contributed by atoms with Gasteiger partial charge in [0.15, 0.2) is 5.96 Å². The first kappa shape index (κ1) is 18.0. The summed E-state index contributed by atoms with van der Waals surface area (Å²) in [5, 5.41) is 0. The SMILES string of the molecule is CC1CCCCN1C(C)CN=C(N)N1CCOCC1.I. The van der Waals surface area contributed by atoms with E-state index in [2.05, 4.69) is 28.6 Å². The summed E-state index contributed by atoms with van der Waals surface area (Å²) in [4.78, 5) is 9.27. The molecule has 2 unspecified atom stereocenters. The Bertz CT molecular complexity index is 308. The van der Waals surface area contributed by atoms with Gasteiger partial charge in [0.05, 0.1) is 19.8 Å². The number of nitrogens with two attached hydrogens (primary N) is 1. The molecule has 0 spiro atoms. The van der Waals surface area contributed by atoms with Crippen molar-refractivity contribution in [3.63, 3.8) is 0 Å². The van der Waals surface area contributed by atoms with E-state index in [0.29, 0.717) is 18.0 Å². The summed E-state index contributed by atoms with van der Waals surface area (Å²) in [7, 11) is 0. The van der Waals surface area contributed by atoms with Crippen molar-refractivity contribution in [2.45, 2.75) is 45.2 Å². The van der Waals surface area contributed by atoms with Crippen molar-refractivity contribution in [3.05, 3.63) is 0 Å². The van der Waals surface area contributed by atoms with Gasteiger partial charge in [-0.3, -0.25) is 9.89 Å². The standard InChI is InChI=1S/C14H28N4O.HI/c1-12-5-3-4-6-18(12)13(2)11-16-14(15)17-7-9-19-10-8-17;/h12-13H,3-11H2,1-2H3,(H2,15,16);1H. The number of piperidine rings is 1. The molecule has 0 bridgehead atoms. The van der Waals surface area contributed by atoms with Crippen molar-refractivity contribution in [1.82, 2.24) is 9.80 Å². The van der Waals surface area contributed by atoms with E-state index in [1.807, 2.05) is 0 Å². The highest BCUT2D eigenvalue weighted by molar-refractivity contribution is 14.0. The van der Waals surface area contributed by atoms with Crippen LogP contribution < -0.4 is 5.73 Å². The maximum atomic E-state index is 6.06. The molecule has 2 atom stereocenters. The molecule has 2 aliphatic heterocycles. The van der Waals surface area contributed by atoms with E-state index in [0.717, 1.165) is 32.8 Å². The minimum absolute atomic E-state index is 0. The second kappa shape index (κ2) is 9.04. The number of halogens is 1. The lowest BCUT2D eigenvalue weighted by atomic mass is 10.0. The van der Waals surface area contributed by atoms with Crippen molar-refractivity contribution < 1.29 is 4.74 Å². The van der Waals surface area contributed by atoms with E-state index >= 15 is 0 Å². The minimum Gasteiger partial charge on any atom is -0.378 e. The summed E-state index contributed by atoms with van der Waals surface area (Å²) in [5.74, 6) is 0.680. The number of aliphatic imine (C=N–C) groups is 1. The van der Waals surface area contributed by atoms with Crippen LogP contribution >= 0.6 is 24.0 Å². The van der Waals surface area contributed by atoms with E-state index in [1.165, 1.54) is 25.8 Å². The maximum absolute atomic E-state index is 6.06. The number of nitrogens with zero attached hydrogens (tertiary/aromatic N) is 3. The van der Waals surface area contributed by atoms with Crippen molar-refractivity contribution >= 4 is 29.9 Å². The van der Waals surface area contributed by atoms with Gasteiger partial charge in [-0.2, -0.15) is 0 Å². The summed E-state index contributed by atoms with van der Waals surface area (Å²) >= 11 is 0. The van der Waals surface area contributed by atoms with Crippen molar-refractivity contribution in [1.29, 1.82) is 0 Å². The summed E-state index contributed by atoms with van der Waals surface area (Å²) in [6.45, 7) is 9.84. The van der Waals surface area contributed by atoms with Crippen LogP contribution in [0.2, 0.25) is 0 Å². The number of hydrogen-bond acceptors (Lipinski definition) is 3. The fourth-order valence-electron chi connectivity index (χ4n) is 3.00. The van der Waals surface area contributed by atoms with E-state index in [-0.39, 0.29) is 24.0 Å². The Kier molecular flexibility index (Phi) is 8.13. The highest BCUT2D eigenvalue weighted by Gasteiger charge is 2.23. The smallest absolute Gasteiger partial charge is 0.191 e. The number of rotatable bonds is 3. The monoisotopic (exact) mass is 396 g/mol. The third kappa shape index (κ3) is 5.04. The van der Waals surface area contributed by atoms with Crippen LogP contribution in [0.1, 0.15) is 33.1 Å². The summed E-state index contributed by atoms with van der Waals surface area (Å²) in [5.41, 5.74) is 6.06. The number of morpholine rings is 1. The molecule has 2 rings (SSSR count). The molecule has 2 saturated heterocycles. The third-order valence-electron chi connectivity index (χ3n) is 4.27. The van der Waals surface area contributed by atoms with Crippen LogP contribution in [0.3, 0.4) is 0 Å². The molecular weight excluding hydrogens is 367 g/mol. The van der Waals surface area contributed by atoms with Crippen LogP contribution in [0.25, 0.3) is 0 Å². The second-order valence-corrected chi connectivity index (χ2v) is 5.73. The van der Waals surface area contributed by atoms with Gasteiger partial charge < -0.3 is 15.4 Å². The molecule has 0 aromatic rings. The molecule has 0 aliphatic carbocycles. The topological polar surface area (TPSA) is 54.1 Å². The molecule has 2 N–H and O–H groups in total. The molecule has 0 amide bonds. The van der Waals surface area contributed by atoms with Gasteiger partial charge in [0.2, 0.25) is 0 Å². The molecular formula is C14H29IN4O. The molecule has 5 nitrogen and oxygen atoms in total. The first-order chi connectivity index (χ1) is 9.18. The molecule has 0 saturated carbocycles. The van der Waals surface area contributed by atoms with Crippen LogP contribution in [-0.4, -0.2) is 67.2 Å². The largest absolute Gasteiger partial charge is 0.378 e. The van der Waals surface area contributed by atoms with Gasteiger partial charge in [0.25, 0.3) is 0 Å². The quantitative estimate of drug-likeness (QED) is 0.447. The Morgan fingerprint density at radius 2 is 2.00 bits per heavy atom. The lowest BCUT2D eigenvalue weighted by Gasteiger charge is -2.37. The zero-order chi connectivity index (χ0) is 13.7. The van der Waals surface area contributed by atoms with Gasteiger partial charge in [-0.05, 0) is 33.2 Å². The zero-order valence-electron chi connectivity index (χ0n) is 12.8. The van der Waals surface area contributed by atoms with Crippen LogP contribution in [0.5, 0.6) is 0 Å². The molecule has 0 aromatic heterocycles. The van der Waals surface area contributed by atoms with Crippen LogP contribution in [-0.2, 0) is 4.74 Å². The fourth-order valence-corrected chi connectivity index (χ4v) is 3.00. The average Bonchev–Trinajstić information content (AvgIpc) is 2.46. The molecule has 0 radical (unpaired) electrons. The Hall–Kier alpha value is -0.0800. The summed E-state index contributed by atoms with van der Waals surface area (Å²) in [6, 6.07) is 1.17. The Morgan fingerprint density at radius 3 is 2.65 bits per heavy atom. The Balaban J connectivity index is 0.00000200. The van der Waals surface area contributed by atoms with Gasteiger partial charge >= 0.3 is 0 Å². The molecule has 20 heavy (non-hydrogen) atoms. The number of guanidine groups is 1. The van der Waals surface area contributed by atoms with E-state index < -0.39 is 0 Å². The highest BCUT2D eigenvalue weighted by atomic mass is 127. The van der Waals surface area contributed by atoms with Gasteiger partial charge in [-0.25, -0.2) is 0 Å². The van der Waals surface area contributed by atoms with Crippen molar-refractivity contribution in [2.75, 3.05) is 39.4 Å². The average molecular weight is 396 g/mol. The predicted octanol–water partition coefficient (Wildman–Crippen LogP) is 1.51. The fraction of sp³-hybridized carbons (Fsp3) is 0.929. The molecule has 118 valence electrons. The maximum Gasteiger partial charge on any atom is 0.191 e. The molecule has 0 aromatic carbocycles. The number of hydrogen-bond donors (Lipinski definition) is 1. The Morgan fingerprint density at radius 1 is 1.30 bits per heavy atom. The first-order valence-electron chi connectivity index (χ1n) is 7.57. The van der Waals surface area contributed by atoms with E-state index in [1.54, 1.807) is 0 Å². The third-order valence-corrected chi connectivity index (χ3v) is 4.27. The molecule has 2 heterocycles. The lowest BCUT2D eigenvalue weighted by molar-refractivity contribution is 0.0672. The van der Waals surface area contributed by atoms with E-state index in [9.17, 15) is 0 Å². The Labute approximate surface area is 139 Å². The number of likely N-dealkylation sites (tertiary alicyclic amines) is 1. The normalized spacial score (nSPS) is 27.0. The molecule has 6 heteroatoms. The van der Waals surface area contributed by atoms with Crippen LogP contribution in [0.15, 0.2) is 4.99 Å². The molecule has 2 fully saturated rings. The highest BCUT2D eigenvalue weighted by Crippen LogP contribution is 2.19. The second-order valence-electron chi connectivity index (χ2n) is 5.73. The summed E-state index contributed by atoms with van der Waals surface area (Å²) in [6.07, 6.45) is 3.99. The van der Waals surface area contributed by atoms with Crippen molar-refractivity contribution in [3.8, 4) is 0 Å². The van der Waals surface area contributed by atoms with Gasteiger partial charge in [-0.1, -0.05) is 6.42 Å². The minimum atomic E-state index is 0. The van der Waals surface area contributed by atoms with Gasteiger partial charge in [0.1, 0.15) is 0 Å². The van der Waals surface area contributed by atoms with Crippen LogP contribution in [0, 0.1) is 0 Å². The van der Waals surface area contributed by atoms with Crippen LogP contribution in [0.4, 0.5) is 0 Å². The zero-order valence-corrected chi connectivity index (χ0v) is 15.1. The lowest BCUT2D eigenvalue weighted by Crippen LogP contribution is -2.47. The number of ether oxygens (including phenoxy) is 1. The van der Waals surface area contributed by atoms with Gasteiger partial charge in [-0.15, -0.1) is 24.0 Å². The molecule has 2 aliphatic rings. The first-order valence-corrected chi connectivity index (χ1v) is 7.57.